The molecule has 0 heteroatoms. The average molecular weight is 437 g/mol. The van der Waals surface area contributed by atoms with Gasteiger partial charge in [-0.15, -0.1) is 12.8 Å². The Balaban J connectivity index is 1.35. The van der Waals surface area contributed by atoms with Crippen molar-refractivity contribution in [1.82, 2.24) is 0 Å². The monoisotopic (exact) mass is 436 g/mol. The van der Waals surface area contributed by atoms with Gasteiger partial charge in [-0.05, 0) is 106 Å². The molecule has 4 aliphatic carbocycles. The summed E-state index contributed by atoms with van der Waals surface area (Å²) in [6.45, 7) is 0. The van der Waals surface area contributed by atoms with Gasteiger partial charge in [0, 0.05) is 11.1 Å². The number of benzene rings is 4. The molecule has 34 heavy (non-hydrogen) atoms. The third kappa shape index (κ3) is 2.76. The van der Waals surface area contributed by atoms with E-state index in [1.807, 2.05) is 12.1 Å². The fourth-order valence-corrected chi connectivity index (χ4v) is 8.42. The van der Waals surface area contributed by atoms with Crippen molar-refractivity contribution >= 4 is 21.5 Å². The van der Waals surface area contributed by atoms with E-state index in [2.05, 4.69) is 72.5 Å². The quantitative estimate of drug-likeness (QED) is 0.282. The van der Waals surface area contributed by atoms with Gasteiger partial charge in [-0.1, -0.05) is 72.5 Å². The molecule has 4 aliphatic rings. The number of rotatable bonds is 2. The first-order chi connectivity index (χ1) is 16.6. The molecular formula is C34H28. The minimum absolute atomic E-state index is 0.278. The molecule has 0 heterocycles. The van der Waals surface area contributed by atoms with Crippen LogP contribution in [0.25, 0.3) is 21.5 Å². The van der Waals surface area contributed by atoms with Gasteiger partial charge in [0.2, 0.25) is 0 Å². The first kappa shape index (κ1) is 19.9. The van der Waals surface area contributed by atoms with Crippen molar-refractivity contribution in [2.45, 2.75) is 49.4 Å². The fourth-order valence-electron chi connectivity index (χ4n) is 8.42. The first-order valence-corrected chi connectivity index (χ1v) is 12.6. The van der Waals surface area contributed by atoms with E-state index in [9.17, 15) is 0 Å². The molecule has 0 atom stereocenters. The molecule has 0 aliphatic heterocycles. The summed E-state index contributed by atoms with van der Waals surface area (Å²) in [5.74, 6) is 7.37. The standard InChI is InChI=1S/C34H28/c1-3-25-7-5-9-27-16-29(11-13-31(25)27)33-18-23-15-24(19-33)21-34(20-23,22-33)30-12-14-32-26(4-2)8-6-10-28(32)17-30/h1-2,5-14,16-17,23-24H,15,18-22H2. The summed E-state index contributed by atoms with van der Waals surface area (Å²) in [4.78, 5) is 0. The highest BCUT2D eigenvalue weighted by Crippen LogP contribution is 2.66. The summed E-state index contributed by atoms with van der Waals surface area (Å²) in [5.41, 5.74) is 5.60. The van der Waals surface area contributed by atoms with Gasteiger partial charge in [-0.3, -0.25) is 0 Å². The van der Waals surface area contributed by atoms with E-state index in [-0.39, 0.29) is 10.8 Å². The van der Waals surface area contributed by atoms with Crippen molar-refractivity contribution in [3.05, 3.63) is 95.1 Å². The lowest BCUT2D eigenvalue weighted by Crippen LogP contribution is -2.55. The molecule has 8 rings (SSSR count). The molecule has 4 aromatic carbocycles. The molecule has 164 valence electrons. The number of hydrogen-bond donors (Lipinski definition) is 0. The summed E-state index contributed by atoms with van der Waals surface area (Å²) in [6.07, 6.45) is 19.6. The largest absolute Gasteiger partial charge is 0.115 e. The lowest BCUT2D eigenvalue weighted by atomic mass is 9.41. The maximum Gasteiger partial charge on any atom is 0.0321 e. The van der Waals surface area contributed by atoms with E-state index < -0.39 is 0 Å². The van der Waals surface area contributed by atoms with Crippen LogP contribution in [0.15, 0.2) is 72.8 Å². The Kier molecular flexibility index (Phi) is 4.11. The molecular weight excluding hydrogens is 408 g/mol. The number of hydrogen-bond acceptors (Lipinski definition) is 0. The van der Waals surface area contributed by atoms with Crippen LogP contribution in [0, 0.1) is 36.5 Å². The van der Waals surface area contributed by atoms with Crippen molar-refractivity contribution in [2.75, 3.05) is 0 Å². The van der Waals surface area contributed by atoms with E-state index in [1.54, 1.807) is 0 Å². The van der Waals surface area contributed by atoms with Crippen LogP contribution in [0.4, 0.5) is 0 Å². The Morgan fingerprint density at radius 3 is 1.53 bits per heavy atom. The second kappa shape index (κ2) is 7.01. The van der Waals surface area contributed by atoms with E-state index in [1.165, 1.54) is 71.2 Å². The SMILES string of the molecule is C#Cc1cccc2cc(C34CC5CC(C3)CC(c3ccc6c(C#C)cccc6c3)(C5)C4)ccc12. The fraction of sp³-hybridized carbons (Fsp3) is 0.294. The van der Waals surface area contributed by atoms with Crippen LogP contribution >= 0.6 is 0 Å². The second-order valence-electron chi connectivity index (χ2n) is 11.3. The minimum atomic E-state index is 0.278. The van der Waals surface area contributed by atoms with E-state index >= 15 is 0 Å². The Labute approximate surface area is 202 Å². The lowest BCUT2D eigenvalue weighted by Gasteiger charge is -2.63. The van der Waals surface area contributed by atoms with Crippen LogP contribution < -0.4 is 0 Å². The third-order valence-electron chi connectivity index (χ3n) is 9.36. The molecule has 0 saturated heterocycles. The maximum absolute atomic E-state index is 5.78. The number of fused-ring (bicyclic) bond motifs is 2. The molecule has 4 saturated carbocycles. The van der Waals surface area contributed by atoms with Gasteiger partial charge in [0.1, 0.15) is 0 Å². The zero-order valence-electron chi connectivity index (χ0n) is 19.5. The number of terminal acetylenes is 2. The molecule has 4 bridgehead atoms. The summed E-state index contributed by atoms with van der Waals surface area (Å²) >= 11 is 0. The smallest absolute Gasteiger partial charge is 0.0321 e. The van der Waals surface area contributed by atoms with Gasteiger partial charge < -0.3 is 0 Å². The van der Waals surface area contributed by atoms with Gasteiger partial charge in [0.25, 0.3) is 0 Å². The Bertz CT molecular complexity index is 1420. The maximum atomic E-state index is 5.78. The molecule has 0 aromatic heterocycles. The van der Waals surface area contributed by atoms with Crippen LogP contribution in [0.2, 0.25) is 0 Å². The molecule has 0 radical (unpaired) electrons. The predicted octanol–water partition coefficient (Wildman–Crippen LogP) is 7.75. The molecule has 0 unspecified atom stereocenters. The summed E-state index contributed by atoms with van der Waals surface area (Å²) in [6, 6.07) is 27.0. The summed E-state index contributed by atoms with van der Waals surface area (Å²) in [5, 5.41) is 4.97. The Hall–Kier alpha value is -3.48. The molecule has 0 N–H and O–H groups in total. The highest BCUT2D eigenvalue weighted by atomic mass is 14.6. The third-order valence-corrected chi connectivity index (χ3v) is 9.36. The van der Waals surface area contributed by atoms with Crippen LogP contribution in [0.3, 0.4) is 0 Å². The van der Waals surface area contributed by atoms with Crippen molar-refractivity contribution in [1.29, 1.82) is 0 Å². The zero-order valence-corrected chi connectivity index (χ0v) is 19.5. The summed E-state index contributed by atoms with van der Waals surface area (Å²) in [7, 11) is 0. The van der Waals surface area contributed by atoms with E-state index in [0.29, 0.717) is 0 Å². The van der Waals surface area contributed by atoms with Crippen molar-refractivity contribution in [3.63, 3.8) is 0 Å². The Morgan fingerprint density at radius 1 is 0.618 bits per heavy atom. The normalized spacial score (nSPS) is 29.2. The first-order valence-electron chi connectivity index (χ1n) is 12.6. The molecule has 4 fully saturated rings. The van der Waals surface area contributed by atoms with Gasteiger partial charge in [-0.25, -0.2) is 0 Å². The zero-order chi connectivity index (χ0) is 22.9. The van der Waals surface area contributed by atoms with Gasteiger partial charge in [-0.2, -0.15) is 0 Å². The van der Waals surface area contributed by atoms with Gasteiger partial charge in [0.15, 0.2) is 0 Å². The van der Waals surface area contributed by atoms with Crippen LogP contribution in [-0.2, 0) is 10.8 Å². The second-order valence-corrected chi connectivity index (χ2v) is 11.3. The molecule has 0 nitrogen and oxygen atoms in total. The molecule has 0 spiro atoms. The van der Waals surface area contributed by atoms with Crippen molar-refractivity contribution < 1.29 is 0 Å². The van der Waals surface area contributed by atoms with E-state index in [0.717, 1.165) is 23.0 Å². The highest BCUT2D eigenvalue weighted by Gasteiger charge is 2.58. The van der Waals surface area contributed by atoms with Crippen molar-refractivity contribution in [3.8, 4) is 24.7 Å². The minimum Gasteiger partial charge on any atom is -0.115 e. The van der Waals surface area contributed by atoms with Gasteiger partial charge >= 0.3 is 0 Å². The molecule has 4 aromatic rings. The lowest BCUT2D eigenvalue weighted by molar-refractivity contribution is -0.0280. The topological polar surface area (TPSA) is 0 Å². The highest BCUT2D eigenvalue weighted by molar-refractivity contribution is 5.90. The van der Waals surface area contributed by atoms with Crippen LogP contribution in [-0.4, -0.2) is 0 Å². The van der Waals surface area contributed by atoms with Crippen LogP contribution in [0.1, 0.15) is 60.8 Å². The molecule has 0 amide bonds. The predicted molar refractivity (Wildman–Crippen MR) is 142 cm³/mol. The van der Waals surface area contributed by atoms with E-state index in [4.69, 9.17) is 12.8 Å². The Morgan fingerprint density at radius 2 is 1.09 bits per heavy atom. The van der Waals surface area contributed by atoms with Crippen LogP contribution in [0.5, 0.6) is 0 Å². The van der Waals surface area contributed by atoms with Gasteiger partial charge in [0.05, 0.1) is 0 Å². The summed E-state index contributed by atoms with van der Waals surface area (Å²) < 4.78 is 0. The average Bonchev–Trinajstić information content (AvgIpc) is 2.86. The van der Waals surface area contributed by atoms with Crippen molar-refractivity contribution in [2.24, 2.45) is 11.8 Å².